The summed E-state index contributed by atoms with van der Waals surface area (Å²) in [6, 6.07) is 5.47. The van der Waals surface area contributed by atoms with Crippen molar-refractivity contribution >= 4 is 17.9 Å². The molecule has 2 rings (SSSR count). The van der Waals surface area contributed by atoms with Crippen LogP contribution >= 0.6 is 0 Å². The molecule has 3 N–H and O–H groups in total. The number of benzene rings is 1. The number of hydrogen-bond acceptors (Lipinski definition) is 5. The van der Waals surface area contributed by atoms with Crippen molar-refractivity contribution in [1.82, 2.24) is 10.2 Å². The van der Waals surface area contributed by atoms with Gasteiger partial charge in [-0.2, -0.15) is 0 Å². The summed E-state index contributed by atoms with van der Waals surface area (Å²) in [7, 11) is 1.57. The molecule has 1 aromatic carbocycles. The number of nitrogens with two attached hydrogens (primary N) is 1. The SMILES string of the molecule is C=CCOc1ccc(/C=C/C(=O)NCCCN2CCCC(C(N)=O)C2)cc1OC. The Morgan fingerprint density at radius 1 is 1.38 bits per heavy atom. The van der Waals surface area contributed by atoms with Gasteiger partial charge in [-0.05, 0) is 56.1 Å². The third-order valence-corrected chi connectivity index (χ3v) is 4.83. The Kier molecular flexibility index (Phi) is 9.24. The molecule has 1 saturated heterocycles. The van der Waals surface area contributed by atoms with Gasteiger partial charge in [0.1, 0.15) is 6.61 Å². The summed E-state index contributed by atoms with van der Waals surface area (Å²) in [5, 5.41) is 2.88. The second-order valence-corrected chi connectivity index (χ2v) is 7.03. The van der Waals surface area contributed by atoms with Crippen LogP contribution in [0.3, 0.4) is 0 Å². The molecular formula is C22H31N3O4. The van der Waals surface area contributed by atoms with E-state index in [1.807, 2.05) is 12.1 Å². The number of likely N-dealkylation sites (tertiary alicyclic amines) is 1. The normalized spacial score (nSPS) is 17.1. The molecule has 1 aliphatic heterocycles. The quantitative estimate of drug-likeness (QED) is 0.336. The highest BCUT2D eigenvalue weighted by Crippen LogP contribution is 2.28. The predicted molar refractivity (Wildman–Crippen MR) is 114 cm³/mol. The fourth-order valence-electron chi connectivity index (χ4n) is 3.29. The van der Waals surface area contributed by atoms with Crippen molar-refractivity contribution in [2.75, 3.05) is 39.9 Å². The Morgan fingerprint density at radius 2 is 2.21 bits per heavy atom. The van der Waals surface area contributed by atoms with Crippen LogP contribution in [-0.4, -0.2) is 56.6 Å². The van der Waals surface area contributed by atoms with Crippen LogP contribution < -0.4 is 20.5 Å². The Hall–Kier alpha value is -2.80. The smallest absolute Gasteiger partial charge is 0.243 e. The number of nitrogens with zero attached hydrogens (tertiary/aromatic N) is 1. The van der Waals surface area contributed by atoms with Gasteiger partial charge in [0.2, 0.25) is 11.8 Å². The van der Waals surface area contributed by atoms with Crippen LogP contribution in [0.15, 0.2) is 36.9 Å². The maximum Gasteiger partial charge on any atom is 0.243 e. The number of ether oxygens (including phenoxy) is 2. The van der Waals surface area contributed by atoms with Gasteiger partial charge in [-0.1, -0.05) is 18.7 Å². The highest BCUT2D eigenvalue weighted by atomic mass is 16.5. The van der Waals surface area contributed by atoms with E-state index >= 15 is 0 Å². The molecule has 1 atom stereocenters. The molecular weight excluding hydrogens is 370 g/mol. The van der Waals surface area contributed by atoms with E-state index in [4.69, 9.17) is 15.2 Å². The molecule has 1 heterocycles. The van der Waals surface area contributed by atoms with Gasteiger partial charge in [0, 0.05) is 19.2 Å². The van der Waals surface area contributed by atoms with E-state index in [0.29, 0.717) is 24.7 Å². The van der Waals surface area contributed by atoms with E-state index in [0.717, 1.165) is 44.5 Å². The lowest BCUT2D eigenvalue weighted by Crippen LogP contribution is -2.42. The van der Waals surface area contributed by atoms with Crippen LogP contribution in [0.1, 0.15) is 24.8 Å². The minimum atomic E-state index is -0.218. The molecule has 1 unspecified atom stereocenters. The van der Waals surface area contributed by atoms with Gasteiger partial charge < -0.3 is 25.4 Å². The molecule has 7 nitrogen and oxygen atoms in total. The molecule has 1 aliphatic rings. The van der Waals surface area contributed by atoms with Crippen LogP contribution in [0.5, 0.6) is 11.5 Å². The molecule has 0 radical (unpaired) electrons. The van der Waals surface area contributed by atoms with E-state index in [1.165, 1.54) is 6.08 Å². The minimum absolute atomic E-state index is 0.0492. The van der Waals surface area contributed by atoms with Crippen LogP contribution in [0.4, 0.5) is 0 Å². The molecule has 7 heteroatoms. The summed E-state index contributed by atoms with van der Waals surface area (Å²) in [6.07, 6.45) is 7.59. The van der Waals surface area contributed by atoms with Crippen molar-refractivity contribution in [2.24, 2.45) is 11.7 Å². The van der Waals surface area contributed by atoms with Crippen molar-refractivity contribution in [3.63, 3.8) is 0 Å². The fraction of sp³-hybridized carbons (Fsp3) is 0.455. The average Bonchev–Trinajstić information content (AvgIpc) is 2.74. The number of rotatable bonds is 11. The summed E-state index contributed by atoms with van der Waals surface area (Å²) >= 11 is 0. The lowest BCUT2D eigenvalue weighted by atomic mass is 9.97. The van der Waals surface area contributed by atoms with E-state index < -0.39 is 0 Å². The molecule has 158 valence electrons. The highest BCUT2D eigenvalue weighted by Gasteiger charge is 2.23. The highest BCUT2D eigenvalue weighted by molar-refractivity contribution is 5.91. The summed E-state index contributed by atoms with van der Waals surface area (Å²) in [4.78, 5) is 25.6. The number of carbonyl (C=O) groups excluding carboxylic acids is 2. The van der Waals surface area contributed by atoms with Gasteiger partial charge in [0.25, 0.3) is 0 Å². The average molecular weight is 402 g/mol. The molecule has 29 heavy (non-hydrogen) atoms. The maximum absolute atomic E-state index is 12.0. The number of carbonyl (C=O) groups is 2. The number of piperidine rings is 1. The first-order valence-electron chi connectivity index (χ1n) is 9.92. The largest absolute Gasteiger partial charge is 0.493 e. The minimum Gasteiger partial charge on any atom is -0.493 e. The fourth-order valence-corrected chi connectivity index (χ4v) is 3.29. The predicted octanol–water partition coefficient (Wildman–Crippen LogP) is 1.98. The van der Waals surface area contributed by atoms with Crippen molar-refractivity contribution < 1.29 is 19.1 Å². The van der Waals surface area contributed by atoms with Crippen molar-refractivity contribution in [3.8, 4) is 11.5 Å². The topological polar surface area (TPSA) is 93.9 Å². The van der Waals surface area contributed by atoms with Gasteiger partial charge >= 0.3 is 0 Å². The van der Waals surface area contributed by atoms with E-state index in [9.17, 15) is 9.59 Å². The number of nitrogens with one attached hydrogen (secondary N) is 1. The summed E-state index contributed by atoms with van der Waals surface area (Å²) in [5.41, 5.74) is 6.25. The first kappa shape index (κ1) is 22.5. The number of amides is 2. The number of methoxy groups -OCH3 is 1. The zero-order chi connectivity index (χ0) is 21.1. The lowest BCUT2D eigenvalue weighted by molar-refractivity contribution is -0.123. The van der Waals surface area contributed by atoms with Crippen LogP contribution in [-0.2, 0) is 9.59 Å². The third-order valence-electron chi connectivity index (χ3n) is 4.83. The first-order valence-corrected chi connectivity index (χ1v) is 9.92. The van der Waals surface area contributed by atoms with Gasteiger partial charge in [0.05, 0.1) is 13.0 Å². The summed E-state index contributed by atoms with van der Waals surface area (Å²) in [5.74, 6) is 0.817. The Labute approximate surface area is 172 Å². The molecule has 2 amide bonds. The molecule has 0 aromatic heterocycles. The first-order chi connectivity index (χ1) is 14.0. The van der Waals surface area contributed by atoms with Gasteiger partial charge in [-0.3, -0.25) is 9.59 Å². The zero-order valence-corrected chi connectivity index (χ0v) is 17.1. The van der Waals surface area contributed by atoms with Gasteiger partial charge in [0.15, 0.2) is 11.5 Å². The summed E-state index contributed by atoms with van der Waals surface area (Å²) < 4.78 is 10.8. The van der Waals surface area contributed by atoms with Gasteiger partial charge in [-0.25, -0.2) is 0 Å². The van der Waals surface area contributed by atoms with Gasteiger partial charge in [-0.15, -0.1) is 0 Å². The third kappa shape index (κ3) is 7.62. The maximum atomic E-state index is 12.0. The van der Waals surface area contributed by atoms with E-state index in [2.05, 4.69) is 16.8 Å². The monoisotopic (exact) mass is 401 g/mol. The van der Waals surface area contributed by atoms with E-state index in [-0.39, 0.29) is 17.7 Å². The second-order valence-electron chi connectivity index (χ2n) is 7.03. The zero-order valence-electron chi connectivity index (χ0n) is 17.1. The van der Waals surface area contributed by atoms with Crippen molar-refractivity contribution in [2.45, 2.75) is 19.3 Å². The van der Waals surface area contributed by atoms with Crippen LogP contribution in [0, 0.1) is 5.92 Å². The Balaban J connectivity index is 1.74. The Morgan fingerprint density at radius 3 is 2.93 bits per heavy atom. The second kappa shape index (κ2) is 11.9. The lowest BCUT2D eigenvalue weighted by Gasteiger charge is -2.31. The molecule has 0 saturated carbocycles. The number of primary amides is 1. The van der Waals surface area contributed by atoms with Crippen LogP contribution in [0.25, 0.3) is 6.08 Å². The van der Waals surface area contributed by atoms with Crippen LogP contribution in [0.2, 0.25) is 0 Å². The number of hydrogen-bond donors (Lipinski definition) is 2. The standard InChI is InChI=1S/C22H31N3O4/c1-3-14-29-19-9-7-17(15-20(19)28-2)8-10-21(26)24-11-5-13-25-12-4-6-18(16-25)22(23)27/h3,7-10,15,18H,1,4-6,11-14,16H2,2H3,(H2,23,27)(H,24,26)/b10-8+. The van der Waals surface area contributed by atoms with E-state index in [1.54, 1.807) is 25.3 Å². The molecule has 1 aromatic rings. The molecule has 1 fully saturated rings. The van der Waals surface area contributed by atoms with Crippen molar-refractivity contribution in [1.29, 1.82) is 0 Å². The summed E-state index contributed by atoms with van der Waals surface area (Å²) in [6.45, 7) is 7.14. The molecule has 0 aliphatic carbocycles. The van der Waals surface area contributed by atoms with Crippen molar-refractivity contribution in [3.05, 3.63) is 42.5 Å². The Bertz CT molecular complexity index is 733. The molecule has 0 spiro atoms. The molecule has 0 bridgehead atoms.